The Kier molecular flexibility index (Phi) is 19.3. The van der Waals surface area contributed by atoms with Crippen molar-refractivity contribution in [2.75, 3.05) is 34.0 Å². The molecule has 0 aliphatic carbocycles. The molecule has 0 aliphatic rings. The number of Topliss-reactive ketones (excluding diaryl/α,β-unsaturated/α-hetero) is 1. The van der Waals surface area contributed by atoms with Gasteiger partial charge in [0, 0.05) is 25.7 Å². The van der Waals surface area contributed by atoms with Crippen LogP contribution in [0.1, 0.15) is 88.6 Å². The molecule has 70 heavy (non-hydrogen) atoms. The molecule has 4 atom stereocenters. The maximum Gasteiger partial charge on any atom is 0.261 e. The molecule has 5 aromatic rings. The van der Waals surface area contributed by atoms with Crippen molar-refractivity contribution in [1.82, 2.24) is 0 Å². The summed E-state index contributed by atoms with van der Waals surface area (Å²) in [4.78, 5) is 15.6. The summed E-state index contributed by atoms with van der Waals surface area (Å²) in [5, 5.41) is 4.36. The third kappa shape index (κ3) is 13.0. The fraction of sp³-hybridized carbons (Fsp3) is 0.450. The number of ether oxygens (including phenoxy) is 3. The maximum atomic E-state index is 15.6. The van der Waals surface area contributed by atoms with Gasteiger partial charge in [0.05, 0.1) is 32.8 Å². The second-order valence-corrected chi connectivity index (χ2v) is 36.2. The number of carbonyl (C=O) groups excluding carboxylic acids is 1. The van der Waals surface area contributed by atoms with E-state index in [2.05, 4.69) is 217 Å². The van der Waals surface area contributed by atoms with Gasteiger partial charge in [-0.15, -0.1) is 0 Å². The van der Waals surface area contributed by atoms with Gasteiger partial charge >= 0.3 is 0 Å². The molecule has 0 saturated heterocycles. The first-order valence-electron chi connectivity index (χ1n) is 25.1. The molecule has 0 radical (unpaired) electrons. The van der Waals surface area contributed by atoms with Crippen LogP contribution in [0.3, 0.4) is 0 Å². The quantitative estimate of drug-likeness (QED) is 0.0477. The molecule has 0 N–H and O–H groups in total. The van der Waals surface area contributed by atoms with Gasteiger partial charge in [0.15, 0.2) is 25.6 Å². The van der Waals surface area contributed by atoms with E-state index in [4.69, 9.17) is 27.5 Å². The van der Waals surface area contributed by atoms with E-state index in [1.807, 2.05) is 25.1 Å². The van der Waals surface area contributed by atoms with Crippen LogP contribution < -0.4 is 30.2 Å². The molecule has 0 aliphatic heterocycles. The maximum absolute atomic E-state index is 15.6. The number of allylic oxidation sites excluding steroid dienone is 1. The lowest BCUT2D eigenvalue weighted by Crippen LogP contribution is -2.67. The molecule has 5 rings (SSSR count). The third-order valence-electron chi connectivity index (χ3n) is 14.5. The first-order valence-corrected chi connectivity index (χ1v) is 31.8. The van der Waals surface area contributed by atoms with Gasteiger partial charge in [-0.05, 0) is 85.1 Å². The van der Waals surface area contributed by atoms with Crippen LogP contribution in [0.2, 0.25) is 28.2 Å². The Morgan fingerprint density at radius 1 is 0.543 bits per heavy atom. The van der Waals surface area contributed by atoms with Gasteiger partial charge in [0.1, 0.15) is 0 Å². The lowest BCUT2D eigenvalue weighted by molar-refractivity contribution is -0.130. The molecule has 10 heteroatoms. The molecular formula is C60H84O7Si3. The normalized spacial score (nSPS) is 14.9. The average Bonchev–Trinajstić information content (AvgIpc) is 3.32. The van der Waals surface area contributed by atoms with Gasteiger partial charge in [-0.1, -0.05) is 210 Å². The first kappa shape index (κ1) is 56.5. The summed E-state index contributed by atoms with van der Waals surface area (Å²) < 4.78 is 40.5. The Balaban J connectivity index is 1.59. The number of hydrogen-bond donors (Lipinski definition) is 0. The zero-order valence-electron chi connectivity index (χ0n) is 45.4. The smallest absolute Gasteiger partial charge is 0.261 e. The van der Waals surface area contributed by atoms with Crippen molar-refractivity contribution in [3.8, 4) is 11.5 Å². The van der Waals surface area contributed by atoms with Crippen molar-refractivity contribution in [3.05, 3.63) is 157 Å². The predicted molar refractivity (Wildman–Crippen MR) is 299 cm³/mol. The van der Waals surface area contributed by atoms with E-state index in [9.17, 15) is 0 Å². The summed E-state index contributed by atoms with van der Waals surface area (Å²) in [5.41, 5.74) is 1.57. The van der Waals surface area contributed by atoms with Crippen LogP contribution in [-0.4, -0.2) is 70.9 Å². The Hall–Kier alpha value is -4.40. The van der Waals surface area contributed by atoms with E-state index in [1.54, 1.807) is 14.2 Å². The van der Waals surface area contributed by atoms with E-state index in [-0.39, 0.29) is 45.9 Å². The Bertz CT molecular complexity index is 2340. The van der Waals surface area contributed by atoms with E-state index < -0.39 is 37.0 Å². The summed E-state index contributed by atoms with van der Waals surface area (Å²) in [7, 11) is -4.84. The highest BCUT2D eigenvalue weighted by Gasteiger charge is 2.52. The molecule has 0 unspecified atom stereocenters. The Morgan fingerprint density at radius 2 is 0.957 bits per heavy atom. The molecule has 0 fully saturated rings. The van der Waals surface area contributed by atoms with Gasteiger partial charge in [-0.25, -0.2) is 0 Å². The number of rotatable bonds is 23. The largest absolute Gasteiger partial charge is 0.493 e. The minimum Gasteiger partial charge on any atom is -0.493 e. The highest BCUT2D eigenvalue weighted by molar-refractivity contribution is 7.00. The van der Waals surface area contributed by atoms with Crippen molar-refractivity contribution < 1.29 is 32.3 Å². The van der Waals surface area contributed by atoms with Crippen molar-refractivity contribution in [2.45, 2.75) is 124 Å². The lowest BCUT2D eigenvalue weighted by Gasteiger charge is -2.44. The number of carbonyl (C=O) groups is 1. The van der Waals surface area contributed by atoms with Crippen LogP contribution in [0.15, 0.2) is 151 Å². The van der Waals surface area contributed by atoms with E-state index in [1.165, 1.54) is 20.7 Å². The molecule has 0 saturated carbocycles. The van der Waals surface area contributed by atoms with Crippen molar-refractivity contribution >= 4 is 51.5 Å². The molecule has 0 bridgehead atoms. The minimum atomic E-state index is -2.95. The summed E-state index contributed by atoms with van der Waals surface area (Å²) in [6, 6.07) is 48.7. The van der Waals surface area contributed by atoms with Gasteiger partial charge in [0.25, 0.3) is 16.6 Å². The number of methoxy groups -OCH3 is 2. The van der Waals surface area contributed by atoms with Gasteiger partial charge in [0.2, 0.25) is 0 Å². The van der Waals surface area contributed by atoms with Crippen molar-refractivity contribution in [2.24, 2.45) is 17.8 Å². The fourth-order valence-electron chi connectivity index (χ4n) is 9.65. The lowest BCUT2D eigenvalue weighted by atomic mass is 9.86. The minimum absolute atomic E-state index is 0.00520. The molecule has 5 aromatic carbocycles. The number of hydrogen-bond acceptors (Lipinski definition) is 7. The van der Waals surface area contributed by atoms with Crippen LogP contribution in [0.4, 0.5) is 0 Å². The van der Waals surface area contributed by atoms with Crippen LogP contribution in [-0.2, 0) is 29.4 Å². The molecule has 0 spiro atoms. The van der Waals surface area contributed by atoms with Crippen LogP contribution in [0, 0.1) is 17.8 Å². The van der Waals surface area contributed by atoms with E-state index in [0.29, 0.717) is 30.3 Å². The highest BCUT2D eigenvalue weighted by Crippen LogP contribution is 2.41. The fourth-order valence-corrected chi connectivity index (χ4v) is 20.0. The zero-order chi connectivity index (χ0) is 51.5. The van der Waals surface area contributed by atoms with Gasteiger partial charge in [-0.2, -0.15) is 0 Å². The van der Waals surface area contributed by atoms with Gasteiger partial charge in [-0.3, -0.25) is 4.79 Å². The van der Waals surface area contributed by atoms with E-state index in [0.717, 1.165) is 5.56 Å². The van der Waals surface area contributed by atoms with Crippen LogP contribution in [0.25, 0.3) is 0 Å². The molecule has 0 heterocycles. The highest BCUT2D eigenvalue weighted by atomic mass is 28.4. The monoisotopic (exact) mass is 1000 g/mol. The summed E-state index contributed by atoms with van der Waals surface area (Å²) in [5.74, 6) is 0.306. The van der Waals surface area contributed by atoms with Crippen LogP contribution >= 0.6 is 0 Å². The second-order valence-electron chi connectivity index (χ2n) is 22.8. The molecule has 0 aromatic heterocycles. The molecule has 0 amide bonds. The molecular weight excluding hydrogens is 917 g/mol. The number of benzene rings is 5. The summed E-state index contributed by atoms with van der Waals surface area (Å²) in [6.45, 7) is 32.5. The summed E-state index contributed by atoms with van der Waals surface area (Å²) in [6.07, 6.45) is 1.52. The summed E-state index contributed by atoms with van der Waals surface area (Å²) >= 11 is 0. The first-order chi connectivity index (χ1) is 32.9. The average molecular weight is 1000 g/mol. The van der Waals surface area contributed by atoms with Crippen molar-refractivity contribution in [3.63, 3.8) is 0 Å². The Labute approximate surface area is 425 Å². The van der Waals surface area contributed by atoms with Crippen molar-refractivity contribution in [1.29, 1.82) is 0 Å². The molecule has 378 valence electrons. The third-order valence-corrected chi connectivity index (χ3v) is 29.0. The Morgan fingerprint density at radius 3 is 1.34 bits per heavy atom. The SMILES string of the molecule is COc1ccc(CO[C@@H]([C@H](C)CO[Si](c2ccccc2)(c2ccccc2)C(C)(C)C)[C@H](CO[Si](C)(C)C(C)(C)C)C(=O)/C(C)=C/[C@@H](C)CO[Si](c2ccccc2)(c2ccccc2)C(C)(C)C)cc1OC. The van der Waals surface area contributed by atoms with Crippen LogP contribution in [0.5, 0.6) is 11.5 Å². The number of ketones is 1. The standard InChI is InChI=1S/C60H84O7Si3/c1-45(41-66-69(59(7,8)9,49-29-21-17-22-30-49)50-31-23-18-24-32-50)39-46(2)56(61)53(44-65-68(15,16)58(4,5)6)57(64-43-48-37-38-54(62-13)55(40-48)63-14)47(3)42-67-70(60(10,11)12,51-33-25-19-26-34-51)52-35-27-20-28-36-52/h17-40,45,47,53,57H,41-44H2,1-16H3/b46-39+/t45-,47-,53-,57+/m1/s1. The zero-order valence-corrected chi connectivity index (χ0v) is 48.4. The predicted octanol–water partition coefficient (Wildman–Crippen LogP) is 12.2. The van der Waals surface area contributed by atoms with Gasteiger partial charge < -0.3 is 27.5 Å². The molecule has 7 nitrogen and oxygen atoms in total. The topological polar surface area (TPSA) is 72.5 Å². The van der Waals surface area contributed by atoms with E-state index >= 15 is 4.79 Å². The second kappa shape index (κ2) is 23.9.